The van der Waals surface area contributed by atoms with E-state index >= 15 is 0 Å². The minimum Gasteiger partial charge on any atom is -0.463 e. The molecule has 0 aliphatic rings. The molecule has 9 heteroatoms. The summed E-state index contributed by atoms with van der Waals surface area (Å²) in [6, 6.07) is 12.8. The molecular formula is C18H14F3N3O2S. The lowest BCUT2D eigenvalue weighted by molar-refractivity contribution is -0.141. The van der Waals surface area contributed by atoms with Gasteiger partial charge in [0.15, 0.2) is 10.9 Å². The van der Waals surface area contributed by atoms with Gasteiger partial charge in [0, 0.05) is 12.7 Å². The van der Waals surface area contributed by atoms with E-state index in [0.717, 1.165) is 17.8 Å². The van der Waals surface area contributed by atoms with E-state index in [9.17, 15) is 18.0 Å². The molecule has 0 unspecified atom stereocenters. The molecule has 0 saturated heterocycles. The molecule has 0 aliphatic carbocycles. The summed E-state index contributed by atoms with van der Waals surface area (Å²) in [4.78, 5) is 21.4. The quantitative estimate of drug-likeness (QED) is 0.472. The Bertz CT molecular complexity index is 915. The first-order valence-electron chi connectivity index (χ1n) is 7.79. The number of para-hydroxylation sites is 1. The first-order valence-corrected chi connectivity index (χ1v) is 8.78. The van der Waals surface area contributed by atoms with Gasteiger partial charge >= 0.3 is 6.18 Å². The molecule has 3 aromatic rings. The standard InChI is InChI=1S/C18H14F3N3O2S/c1-24(12-6-3-2-4-7-12)16(25)11-27-17-22-13(14-8-5-9-26-14)10-15(23-17)18(19,20)21/h2-10H,11H2,1H3. The Hall–Kier alpha value is -2.81. The number of carbonyl (C=O) groups is 1. The molecule has 0 N–H and O–H groups in total. The van der Waals surface area contributed by atoms with Crippen molar-refractivity contribution in [2.45, 2.75) is 11.3 Å². The van der Waals surface area contributed by atoms with E-state index in [1.54, 1.807) is 37.4 Å². The molecule has 3 rings (SSSR count). The third-order valence-electron chi connectivity index (χ3n) is 3.61. The lowest BCUT2D eigenvalue weighted by atomic mass is 10.2. The number of furan rings is 1. The van der Waals surface area contributed by atoms with Gasteiger partial charge in [0.2, 0.25) is 5.91 Å². The zero-order valence-corrected chi connectivity index (χ0v) is 14.9. The molecule has 27 heavy (non-hydrogen) atoms. The molecule has 0 radical (unpaired) electrons. The minimum absolute atomic E-state index is 0.00804. The molecule has 0 aliphatic heterocycles. The third-order valence-corrected chi connectivity index (χ3v) is 4.44. The Labute approximate surface area is 157 Å². The van der Waals surface area contributed by atoms with Crippen LogP contribution in [0.15, 0.2) is 64.4 Å². The topological polar surface area (TPSA) is 59.2 Å². The van der Waals surface area contributed by atoms with Crippen LogP contribution in [0.25, 0.3) is 11.5 Å². The van der Waals surface area contributed by atoms with E-state index in [0.29, 0.717) is 5.69 Å². The minimum atomic E-state index is -4.63. The second kappa shape index (κ2) is 7.83. The normalized spacial score (nSPS) is 11.4. The van der Waals surface area contributed by atoms with Crippen LogP contribution in [0.4, 0.5) is 18.9 Å². The molecule has 0 spiro atoms. The Kier molecular flexibility index (Phi) is 5.50. The van der Waals surface area contributed by atoms with Crippen molar-refractivity contribution in [1.82, 2.24) is 9.97 Å². The summed E-state index contributed by atoms with van der Waals surface area (Å²) in [5.74, 6) is -0.200. The summed E-state index contributed by atoms with van der Waals surface area (Å²) in [5, 5.41) is -0.147. The van der Waals surface area contributed by atoms with Crippen molar-refractivity contribution in [2.75, 3.05) is 17.7 Å². The van der Waals surface area contributed by atoms with Gasteiger partial charge in [-0.25, -0.2) is 9.97 Å². The fourth-order valence-electron chi connectivity index (χ4n) is 2.20. The van der Waals surface area contributed by atoms with Crippen LogP contribution in [0.2, 0.25) is 0 Å². The molecule has 1 aromatic carbocycles. The molecule has 0 bridgehead atoms. The van der Waals surface area contributed by atoms with Crippen molar-refractivity contribution < 1.29 is 22.4 Å². The maximum absolute atomic E-state index is 13.1. The monoisotopic (exact) mass is 393 g/mol. The fraction of sp³-hybridized carbons (Fsp3) is 0.167. The zero-order valence-electron chi connectivity index (χ0n) is 14.1. The second-order valence-electron chi connectivity index (χ2n) is 5.47. The molecular weight excluding hydrogens is 379 g/mol. The van der Waals surface area contributed by atoms with Gasteiger partial charge in [-0.1, -0.05) is 30.0 Å². The van der Waals surface area contributed by atoms with Crippen LogP contribution < -0.4 is 4.90 Å². The van der Waals surface area contributed by atoms with Gasteiger partial charge in [0.1, 0.15) is 11.4 Å². The summed E-state index contributed by atoms with van der Waals surface area (Å²) in [7, 11) is 1.60. The summed E-state index contributed by atoms with van der Waals surface area (Å²) in [6.07, 6.45) is -3.29. The zero-order chi connectivity index (χ0) is 19.4. The van der Waals surface area contributed by atoms with Crippen molar-refractivity contribution >= 4 is 23.4 Å². The van der Waals surface area contributed by atoms with Crippen LogP contribution in [-0.4, -0.2) is 28.7 Å². The Morgan fingerprint density at radius 1 is 1.15 bits per heavy atom. The highest BCUT2D eigenvalue weighted by Crippen LogP contribution is 2.32. The van der Waals surface area contributed by atoms with Gasteiger partial charge in [-0.05, 0) is 30.3 Å². The summed E-state index contributed by atoms with van der Waals surface area (Å²) in [5.41, 5.74) is -0.395. The van der Waals surface area contributed by atoms with Gasteiger partial charge in [-0.15, -0.1) is 0 Å². The van der Waals surface area contributed by atoms with Crippen molar-refractivity contribution in [3.63, 3.8) is 0 Å². The predicted octanol–water partition coefficient (Wildman–Crippen LogP) is 4.51. The molecule has 140 valence electrons. The smallest absolute Gasteiger partial charge is 0.433 e. The maximum Gasteiger partial charge on any atom is 0.433 e. The van der Waals surface area contributed by atoms with Crippen LogP contribution in [0.1, 0.15) is 5.69 Å². The first kappa shape index (κ1) is 19.0. The van der Waals surface area contributed by atoms with Crippen LogP contribution in [-0.2, 0) is 11.0 Å². The molecule has 0 atom stereocenters. The lowest BCUT2D eigenvalue weighted by Gasteiger charge is -2.17. The van der Waals surface area contributed by atoms with Gasteiger partial charge < -0.3 is 9.32 Å². The number of nitrogens with zero attached hydrogens (tertiary/aromatic N) is 3. The highest BCUT2D eigenvalue weighted by atomic mass is 32.2. The van der Waals surface area contributed by atoms with Crippen LogP contribution >= 0.6 is 11.8 Å². The summed E-state index contributed by atoms with van der Waals surface area (Å²) < 4.78 is 44.5. The highest BCUT2D eigenvalue weighted by Gasteiger charge is 2.34. The van der Waals surface area contributed by atoms with Crippen molar-refractivity contribution in [2.24, 2.45) is 0 Å². The van der Waals surface area contributed by atoms with Crippen molar-refractivity contribution in [3.05, 3.63) is 60.5 Å². The number of amides is 1. The summed E-state index contributed by atoms with van der Waals surface area (Å²) >= 11 is 0.838. The number of halogens is 3. The van der Waals surface area contributed by atoms with Crippen molar-refractivity contribution in [1.29, 1.82) is 0 Å². The van der Waals surface area contributed by atoms with Crippen LogP contribution in [0.3, 0.4) is 0 Å². The van der Waals surface area contributed by atoms with Crippen LogP contribution in [0, 0.1) is 0 Å². The van der Waals surface area contributed by atoms with Crippen molar-refractivity contribution in [3.8, 4) is 11.5 Å². The first-order chi connectivity index (χ1) is 12.8. The van der Waals surface area contributed by atoms with Gasteiger partial charge in [-0.2, -0.15) is 13.2 Å². The highest BCUT2D eigenvalue weighted by molar-refractivity contribution is 7.99. The molecule has 2 aromatic heterocycles. The van der Waals surface area contributed by atoms with Gasteiger partial charge in [0.25, 0.3) is 0 Å². The Balaban J connectivity index is 1.80. The second-order valence-corrected chi connectivity index (χ2v) is 6.42. The number of thioether (sulfide) groups is 1. The van der Waals surface area contributed by atoms with Gasteiger partial charge in [-0.3, -0.25) is 4.79 Å². The largest absolute Gasteiger partial charge is 0.463 e. The number of hydrogen-bond acceptors (Lipinski definition) is 5. The predicted molar refractivity (Wildman–Crippen MR) is 95.3 cm³/mol. The molecule has 1 amide bonds. The van der Waals surface area contributed by atoms with Crippen LogP contribution in [0.5, 0.6) is 0 Å². The molecule has 0 saturated carbocycles. The number of rotatable bonds is 5. The maximum atomic E-state index is 13.1. The average Bonchev–Trinajstić information content (AvgIpc) is 3.20. The number of aromatic nitrogens is 2. The Morgan fingerprint density at radius 2 is 1.89 bits per heavy atom. The number of hydrogen-bond donors (Lipinski definition) is 0. The van der Waals surface area contributed by atoms with E-state index in [1.807, 2.05) is 6.07 Å². The number of alkyl halides is 3. The third kappa shape index (κ3) is 4.68. The average molecular weight is 393 g/mol. The fourth-order valence-corrected chi connectivity index (χ4v) is 2.98. The number of benzene rings is 1. The van der Waals surface area contributed by atoms with E-state index in [1.165, 1.54) is 17.2 Å². The molecule has 5 nitrogen and oxygen atoms in total. The van der Waals surface area contributed by atoms with E-state index in [4.69, 9.17) is 4.42 Å². The molecule has 0 fully saturated rings. The van der Waals surface area contributed by atoms with E-state index in [-0.39, 0.29) is 28.3 Å². The SMILES string of the molecule is CN(C(=O)CSc1nc(-c2ccco2)cc(C(F)(F)F)n1)c1ccccc1. The lowest BCUT2D eigenvalue weighted by Crippen LogP contribution is -2.27. The number of carbonyl (C=O) groups excluding carboxylic acids is 1. The Morgan fingerprint density at radius 3 is 2.52 bits per heavy atom. The van der Waals surface area contributed by atoms with E-state index < -0.39 is 11.9 Å². The van der Waals surface area contributed by atoms with Gasteiger partial charge in [0.05, 0.1) is 12.0 Å². The molecule has 2 heterocycles. The number of anilines is 1. The van der Waals surface area contributed by atoms with E-state index in [2.05, 4.69) is 9.97 Å². The summed E-state index contributed by atoms with van der Waals surface area (Å²) in [6.45, 7) is 0.